The van der Waals surface area contributed by atoms with Crippen molar-refractivity contribution in [2.24, 2.45) is 0 Å². The van der Waals surface area contributed by atoms with Gasteiger partial charge in [-0.15, -0.1) is 5.10 Å². The summed E-state index contributed by atoms with van der Waals surface area (Å²) >= 11 is 0. The number of fused-ring (bicyclic) bond motifs is 2. The molecule has 0 aliphatic carbocycles. The van der Waals surface area contributed by atoms with E-state index >= 15 is 0 Å². The van der Waals surface area contributed by atoms with Gasteiger partial charge in [-0.05, 0) is 42.0 Å². The molecule has 226 valence electrons. The van der Waals surface area contributed by atoms with Crippen molar-refractivity contribution >= 4 is 33.6 Å². The predicted molar refractivity (Wildman–Crippen MR) is 161 cm³/mol. The number of amides is 2. The van der Waals surface area contributed by atoms with Crippen LogP contribution in [0.2, 0.25) is 0 Å². The number of halogens is 3. The maximum Gasteiger partial charge on any atom is 0.254 e. The molecule has 1 aliphatic heterocycles. The quantitative estimate of drug-likeness (QED) is 0.270. The fraction of sp³-hybridized carbons (Fsp3) is 0.182. The number of hydrogen-bond acceptors (Lipinski definition) is 5. The maximum absolute atomic E-state index is 14.3. The van der Waals surface area contributed by atoms with Crippen molar-refractivity contribution in [3.63, 3.8) is 0 Å². The minimum absolute atomic E-state index is 0.111. The second-order valence-electron chi connectivity index (χ2n) is 11.1. The number of nitrogens with zero attached hydrogens (tertiary/aromatic N) is 6. The smallest absolute Gasteiger partial charge is 0.254 e. The number of nitrogens with one attached hydrogen (secondary N) is 1. The topological polar surface area (TPSA) is 100 Å². The van der Waals surface area contributed by atoms with E-state index in [1.54, 1.807) is 23.1 Å². The second kappa shape index (κ2) is 11.2. The van der Waals surface area contributed by atoms with Crippen LogP contribution in [0, 0.1) is 17.5 Å². The van der Waals surface area contributed by atoms with Crippen LogP contribution >= 0.6 is 0 Å². The van der Waals surface area contributed by atoms with Crippen LogP contribution in [0.15, 0.2) is 79.0 Å². The lowest BCUT2D eigenvalue weighted by Crippen LogP contribution is -2.51. The molecule has 12 heteroatoms. The minimum Gasteiger partial charge on any atom is -0.338 e. The highest BCUT2D eigenvalue weighted by molar-refractivity contribution is 6.00. The van der Waals surface area contributed by atoms with Gasteiger partial charge in [0.1, 0.15) is 35.5 Å². The first kappa shape index (κ1) is 28.3. The molecular weight excluding hydrogens is 583 g/mol. The Labute approximate surface area is 254 Å². The van der Waals surface area contributed by atoms with Gasteiger partial charge in [-0.1, -0.05) is 41.6 Å². The number of aromatic amines is 1. The van der Waals surface area contributed by atoms with Crippen LogP contribution in [-0.4, -0.2) is 66.2 Å². The molecule has 1 aliphatic rings. The Bertz CT molecular complexity index is 2080. The summed E-state index contributed by atoms with van der Waals surface area (Å²) in [6.07, 6.45) is 1.49. The van der Waals surface area contributed by atoms with Crippen molar-refractivity contribution in [3.05, 3.63) is 113 Å². The number of benzene rings is 4. The zero-order chi connectivity index (χ0) is 31.2. The van der Waals surface area contributed by atoms with E-state index in [4.69, 9.17) is 4.98 Å². The second-order valence-corrected chi connectivity index (χ2v) is 11.1. The number of carbonyl (C=O) groups is 2. The zero-order valence-electron chi connectivity index (χ0n) is 24.0. The Balaban J connectivity index is 1.01. The third kappa shape index (κ3) is 5.39. The number of aromatic nitrogens is 5. The van der Waals surface area contributed by atoms with E-state index in [1.165, 1.54) is 22.7 Å². The van der Waals surface area contributed by atoms with Gasteiger partial charge in [-0.25, -0.2) is 22.8 Å². The van der Waals surface area contributed by atoms with Gasteiger partial charge in [-0.3, -0.25) is 9.59 Å². The van der Waals surface area contributed by atoms with Gasteiger partial charge < -0.3 is 14.8 Å². The maximum atomic E-state index is 14.3. The molecule has 1 fully saturated rings. The van der Waals surface area contributed by atoms with Gasteiger partial charge in [0.2, 0.25) is 5.91 Å². The Morgan fingerprint density at radius 3 is 2.51 bits per heavy atom. The number of H-pyrrole nitrogens is 1. The minimum atomic E-state index is -1.02. The normalized spacial score (nSPS) is 14.4. The van der Waals surface area contributed by atoms with Crippen molar-refractivity contribution in [2.75, 3.05) is 19.6 Å². The van der Waals surface area contributed by atoms with Crippen molar-refractivity contribution in [3.8, 4) is 11.4 Å². The molecule has 0 radical (unpaired) electrons. The summed E-state index contributed by atoms with van der Waals surface area (Å²) in [4.78, 5) is 37.5. The van der Waals surface area contributed by atoms with Crippen LogP contribution in [0.3, 0.4) is 0 Å². The van der Waals surface area contributed by atoms with Crippen molar-refractivity contribution in [1.82, 2.24) is 34.8 Å². The van der Waals surface area contributed by atoms with Crippen LogP contribution in [0.4, 0.5) is 13.2 Å². The molecule has 6 aromatic rings. The molecule has 7 rings (SSSR count). The van der Waals surface area contributed by atoms with Crippen LogP contribution in [0.25, 0.3) is 33.2 Å². The van der Waals surface area contributed by atoms with Crippen molar-refractivity contribution < 1.29 is 22.8 Å². The van der Waals surface area contributed by atoms with E-state index in [9.17, 15) is 22.8 Å². The molecule has 0 unspecified atom stereocenters. The van der Waals surface area contributed by atoms with Crippen molar-refractivity contribution in [1.29, 1.82) is 0 Å². The molecule has 45 heavy (non-hydrogen) atoms. The number of rotatable bonds is 6. The largest absolute Gasteiger partial charge is 0.338 e. The molecular formula is C33H26F3N7O2. The monoisotopic (exact) mass is 609 g/mol. The zero-order valence-corrected chi connectivity index (χ0v) is 24.0. The first-order valence-corrected chi connectivity index (χ1v) is 14.3. The Morgan fingerprint density at radius 1 is 0.956 bits per heavy atom. The predicted octanol–water partition coefficient (Wildman–Crippen LogP) is 5.49. The summed E-state index contributed by atoms with van der Waals surface area (Å²) in [6.45, 7) is 2.09. The van der Waals surface area contributed by atoms with Gasteiger partial charge in [0, 0.05) is 41.9 Å². The SMILES string of the molecule is C[C@H](c1c(F)cc(F)cc1F)n1cc(CN2CCN(C(=O)c3ccc4nc(-c5ccc6ccccc6c5)[nH]c4c3)CC2=O)nn1. The van der Waals surface area contributed by atoms with E-state index in [1.807, 2.05) is 30.3 Å². The lowest BCUT2D eigenvalue weighted by Gasteiger charge is -2.34. The van der Waals surface area contributed by atoms with E-state index in [0.29, 0.717) is 41.3 Å². The molecule has 1 N–H and O–H groups in total. The molecule has 0 bridgehead atoms. The molecule has 1 atom stereocenters. The van der Waals surface area contributed by atoms with Gasteiger partial charge in [0.05, 0.1) is 29.8 Å². The standard InChI is InChI=1S/C33H26F3N7O2/c1-19(31-26(35)14-24(34)15-27(31)36)43-17-25(39-40-43)16-41-10-11-42(18-30(41)44)33(45)23-8-9-28-29(13-23)38-32(37-28)22-7-6-20-4-2-3-5-21(20)12-22/h2-9,12-15,17,19H,10-11,16,18H2,1H3,(H,37,38)/t19-/m1/s1. The lowest BCUT2D eigenvalue weighted by molar-refractivity contribution is -0.135. The number of imidazole rings is 1. The van der Waals surface area contributed by atoms with Gasteiger partial charge in [0.25, 0.3) is 5.91 Å². The molecule has 9 nitrogen and oxygen atoms in total. The summed E-state index contributed by atoms with van der Waals surface area (Å²) in [5.74, 6) is -2.90. The van der Waals surface area contributed by atoms with E-state index in [2.05, 4.69) is 27.4 Å². The molecule has 0 saturated carbocycles. The molecule has 3 heterocycles. The first-order valence-electron chi connectivity index (χ1n) is 14.3. The van der Waals surface area contributed by atoms with Crippen LogP contribution in [0.1, 0.15) is 34.6 Å². The Hall–Kier alpha value is -5.52. The molecule has 2 aromatic heterocycles. The average Bonchev–Trinajstić information content (AvgIpc) is 3.68. The summed E-state index contributed by atoms with van der Waals surface area (Å²) in [6, 6.07) is 19.8. The highest BCUT2D eigenvalue weighted by Crippen LogP contribution is 2.27. The molecule has 2 amide bonds. The number of piperazine rings is 1. The summed E-state index contributed by atoms with van der Waals surface area (Å²) in [5, 5.41) is 10.2. The lowest BCUT2D eigenvalue weighted by atomic mass is 10.1. The fourth-order valence-electron chi connectivity index (χ4n) is 5.70. The third-order valence-corrected chi connectivity index (χ3v) is 8.13. The van der Waals surface area contributed by atoms with Gasteiger partial charge >= 0.3 is 0 Å². The first-order chi connectivity index (χ1) is 21.7. The number of hydrogen-bond donors (Lipinski definition) is 1. The third-order valence-electron chi connectivity index (χ3n) is 8.13. The van der Waals surface area contributed by atoms with E-state index in [0.717, 1.165) is 21.9 Å². The summed E-state index contributed by atoms with van der Waals surface area (Å²) in [7, 11) is 0. The van der Waals surface area contributed by atoms with E-state index in [-0.39, 0.29) is 37.0 Å². The highest BCUT2D eigenvalue weighted by atomic mass is 19.1. The molecule has 1 saturated heterocycles. The van der Waals surface area contributed by atoms with Crippen LogP contribution < -0.4 is 0 Å². The molecule has 4 aromatic carbocycles. The summed E-state index contributed by atoms with van der Waals surface area (Å²) in [5.41, 5.74) is 2.88. The Morgan fingerprint density at radius 2 is 1.73 bits per heavy atom. The molecule has 0 spiro atoms. The van der Waals surface area contributed by atoms with Crippen LogP contribution in [0.5, 0.6) is 0 Å². The fourth-order valence-corrected chi connectivity index (χ4v) is 5.70. The van der Waals surface area contributed by atoms with Crippen LogP contribution in [-0.2, 0) is 11.3 Å². The van der Waals surface area contributed by atoms with Gasteiger partial charge in [0.15, 0.2) is 0 Å². The summed E-state index contributed by atoms with van der Waals surface area (Å²) < 4.78 is 43.1. The van der Waals surface area contributed by atoms with E-state index < -0.39 is 23.5 Å². The van der Waals surface area contributed by atoms with Gasteiger partial charge in [-0.2, -0.15) is 0 Å². The van der Waals surface area contributed by atoms with Crippen molar-refractivity contribution in [2.45, 2.75) is 19.5 Å². The highest BCUT2D eigenvalue weighted by Gasteiger charge is 2.29. The Kier molecular flexibility index (Phi) is 7.03. The number of carbonyl (C=O) groups excluding carboxylic acids is 2. The average molecular weight is 610 g/mol.